The molecule has 0 unspecified atom stereocenters. The van der Waals surface area contributed by atoms with E-state index in [-0.39, 0.29) is 5.78 Å². The molecule has 0 aromatic heterocycles. The minimum absolute atomic E-state index is 0.0610. The van der Waals surface area contributed by atoms with E-state index in [1.165, 1.54) is 0 Å². The Morgan fingerprint density at radius 3 is 2.69 bits per heavy atom. The second-order valence-electron chi connectivity index (χ2n) is 2.78. The molecule has 0 heterocycles. The van der Waals surface area contributed by atoms with Crippen molar-refractivity contribution in [2.75, 3.05) is 12.4 Å². The van der Waals surface area contributed by atoms with Crippen LogP contribution in [0.1, 0.15) is 12.5 Å². The maximum atomic E-state index is 10.7. The zero-order valence-corrected chi connectivity index (χ0v) is 7.87. The first-order valence-corrected chi connectivity index (χ1v) is 4.19. The van der Waals surface area contributed by atoms with Crippen LogP contribution in [0.2, 0.25) is 0 Å². The lowest BCUT2D eigenvalue weighted by Gasteiger charge is -2.03. The summed E-state index contributed by atoms with van der Waals surface area (Å²) >= 11 is 0. The number of carbonyl (C=O) groups excluding carboxylic acids is 1. The highest BCUT2D eigenvalue weighted by Crippen LogP contribution is 2.15. The second-order valence-corrected chi connectivity index (χ2v) is 2.78. The van der Waals surface area contributed by atoms with Crippen LogP contribution in [0.5, 0.6) is 0 Å². The number of hydrogen-bond acceptors (Lipinski definition) is 2. The van der Waals surface area contributed by atoms with Crippen molar-refractivity contribution < 1.29 is 4.79 Å². The predicted molar refractivity (Wildman–Crippen MR) is 55.7 cm³/mol. The highest BCUT2D eigenvalue weighted by atomic mass is 16.1. The van der Waals surface area contributed by atoms with Gasteiger partial charge in [-0.2, -0.15) is 0 Å². The van der Waals surface area contributed by atoms with Crippen molar-refractivity contribution in [3.05, 3.63) is 35.9 Å². The molecule has 0 aliphatic heterocycles. The van der Waals surface area contributed by atoms with Crippen molar-refractivity contribution in [1.29, 1.82) is 0 Å². The lowest BCUT2D eigenvalue weighted by Crippen LogP contribution is -1.90. The fraction of sp³-hybridized carbons (Fsp3) is 0.182. The van der Waals surface area contributed by atoms with Crippen LogP contribution in [0.3, 0.4) is 0 Å². The molecule has 2 nitrogen and oxygen atoms in total. The number of benzene rings is 1. The van der Waals surface area contributed by atoms with Crippen molar-refractivity contribution in [1.82, 2.24) is 0 Å². The summed E-state index contributed by atoms with van der Waals surface area (Å²) in [5.41, 5.74) is 2.06. The Balaban J connectivity index is 2.93. The Labute approximate surface area is 78.3 Å². The summed E-state index contributed by atoms with van der Waals surface area (Å²) in [5, 5.41) is 3.06. The molecule has 1 aromatic carbocycles. The van der Waals surface area contributed by atoms with E-state index in [1.54, 1.807) is 13.0 Å². The molecule has 1 N–H and O–H groups in total. The molecule has 0 amide bonds. The molecule has 0 radical (unpaired) electrons. The van der Waals surface area contributed by atoms with Crippen LogP contribution in [-0.4, -0.2) is 12.8 Å². The van der Waals surface area contributed by atoms with Gasteiger partial charge in [0.25, 0.3) is 0 Å². The van der Waals surface area contributed by atoms with Crippen molar-refractivity contribution in [2.45, 2.75) is 6.92 Å². The fourth-order valence-corrected chi connectivity index (χ4v) is 1.08. The van der Waals surface area contributed by atoms with Crippen LogP contribution in [0.15, 0.2) is 30.3 Å². The number of ketones is 1. The number of para-hydroxylation sites is 1. The van der Waals surface area contributed by atoms with Gasteiger partial charge in [-0.1, -0.05) is 18.2 Å². The Bertz CT molecular complexity index is 329. The number of hydrogen-bond donors (Lipinski definition) is 1. The van der Waals surface area contributed by atoms with Crippen LogP contribution in [0.25, 0.3) is 6.08 Å². The fourth-order valence-electron chi connectivity index (χ4n) is 1.08. The number of rotatable bonds is 3. The number of carbonyl (C=O) groups is 1. The first kappa shape index (κ1) is 9.52. The molecule has 13 heavy (non-hydrogen) atoms. The smallest absolute Gasteiger partial charge is 0.152 e. The summed E-state index contributed by atoms with van der Waals surface area (Å²) in [6.07, 6.45) is 3.38. The Kier molecular flexibility index (Phi) is 3.26. The molecule has 1 rings (SSSR count). The Hall–Kier alpha value is -1.57. The molecule has 0 saturated heterocycles. The minimum Gasteiger partial charge on any atom is -0.388 e. The first-order chi connectivity index (χ1) is 6.24. The van der Waals surface area contributed by atoms with Gasteiger partial charge in [-0.15, -0.1) is 0 Å². The summed E-state index contributed by atoms with van der Waals surface area (Å²) in [5.74, 6) is 0.0610. The maximum Gasteiger partial charge on any atom is 0.152 e. The van der Waals surface area contributed by atoms with Gasteiger partial charge in [0.05, 0.1) is 0 Å². The van der Waals surface area contributed by atoms with E-state index in [0.29, 0.717) is 0 Å². The molecule has 2 heteroatoms. The number of allylic oxidation sites excluding steroid dienone is 1. The van der Waals surface area contributed by atoms with E-state index in [9.17, 15) is 4.79 Å². The van der Waals surface area contributed by atoms with E-state index in [2.05, 4.69) is 5.32 Å². The lowest BCUT2D eigenvalue weighted by atomic mass is 10.1. The monoisotopic (exact) mass is 175 g/mol. The number of anilines is 1. The molecule has 0 fully saturated rings. The van der Waals surface area contributed by atoms with Crippen molar-refractivity contribution in [3.8, 4) is 0 Å². The first-order valence-electron chi connectivity index (χ1n) is 4.19. The van der Waals surface area contributed by atoms with Gasteiger partial charge in [0.1, 0.15) is 0 Å². The van der Waals surface area contributed by atoms with Gasteiger partial charge in [0.15, 0.2) is 5.78 Å². The second kappa shape index (κ2) is 4.45. The third-order valence-electron chi connectivity index (χ3n) is 1.73. The summed E-state index contributed by atoms with van der Waals surface area (Å²) < 4.78 is 0. The summed E-state index contributed by atoms with van der Waals surface area (Å²) in [7, 11) is 1.86. The van der Waals surface area contributed by atoms with Gasteiger partial charge < -0.3 is 5.32 Å². The van der Waals surface area contributed by atoms with Crippen molar-refractivity contribution >= 4 is 17.5 Å². The molecular weight excluding hydrogens is 162 g/mol. The molecule has 68 valence electrons. The van der Waals surface area contributed by atoms with Crippen LogP contribution in [-0.2, 0) is 4.79 Å². The maximum absolute atomic E-state index is 10.7. The largest absolute Gasteiger partial charge is 0.388 e. The molecule has 1 aromatic rings. The summed E-state index contributed by atoms with van der Waals surface area (Å²) in [6, 6.07) is 7.84. The third kappa shape index (κ3) is 2.75. The third-order valence-corrected chi connectivity index (χ3v) is 1.73. The van der Waals surface area contributed by atoms with Gasteiger partial charge in [-0.25, -0.2) is 0 Å². The molecular formula is C11H13NO. The average Bonchev–Trinajstić information content (AvgIpc) is 2.15. The zero-order chi connectivity index (χ0) is 9.68. The standard InChI is InChI=1S/C11H13NO/c1-9(13)7-8-10-5-3-4-6-11(10)12-2/h3-8,12H,1-2H3/b8-7-. The van der Waals surface area contributed by atoms with Gasteiger partial charge in [0, 0.05) is 12.7 Å². The zero-order valence-electron chi connectivity index (χ0n) is 7.87. The topological polar surface area (TPSA) is 29.1 Å². The van der Waals surface area contributed by atoms with E-state index < -0.39 is 0 Å². The SMILES string of the molecule is CNc1ccccc1/C=C\C(C)=O. The van der Waals surface area contributed by atoms with Gasteiger partial charge >= 0.3 is 0 Å². The van der Waals surface area contributed by atoms with E-state index in [0.717, 1.165) is 11.3 Å². The summed E-state index contributed by atoms with van der Waals surface area (Å²) in [6.45, 7) is 1.54. The minimum atomic E-state index is 0.0610. The molecule has 0 atom stereocenters. The van der Waals surface area contributed by atoms with Gasteiger partial charge in [0.2, 0.25) is 0 Å². The van der Waals surface area contributed by atoms with Crippen molar-refractivity contribution in [3.63, 3.8) is 0 Å². The molecule has 0 aliphatic rings. The molecule has 0 spiro atoms. The van der Waals surface area contributed by atoms with Crippen LogP contribution < -0.4 is 5.32 Å². The normalized spacial score (nSPS) is 10.3. The van der Waals surface area contributed by atoms with Crippen molar-refractivity contribution in [2.24, 2.45) is 0 Å². The van der Waals surface area contributed by atoms with E-state index >= 15 is 0 Å². The molecule has 0 bridgehead atoms. The highest BCUT2D eigenvalue weighted by Gasteiger charge is 1.94. The number of nitrogens with one attached hydrogen (secondary N) is 1. The highest BCUT2D eigenvalue weighted by molar-refractivity contribution is 5.92. The van der Waals surface area contributed by atoms with E-state index in [1.807, 2.05) is 37.4 Å². The lowest BCUT2D eigenvalue weighted by molar-refractivity contribution is -0.112. The van der Waals surface area contributed by atoms with Gasteiger partial charge in [-0.3, -0.25) is 4.79 Å². The quantitative estimate of drug-likeness (QED) is 0.714. The Morgan fingerprint density at radius 1 is 1.38 bits per heavy atom. The average molecular weight is 175 g/mol. The van der Waals surface area contributed by atoms with Crippen LogP contribution in [0, 0.1) is 0 Å². The molecule has 0 aliphatic carbocycles. The van der Waals surface area contributed by atoms with Crippen LogP contribution in [0.4, 0.5) is 5.69 Å². The van der Waals surface area contributed by atoms with Gasteiger partial charge in [-0.05, 0) is 30.7 Å². The summed E-state index contributed by atoms with van der Waals surface area (Å²) in [4.78, 5) is 10.7. The Morgan fingerprint density at radius 2 is 2.08 bits per heavy atom. The van der Waals surface area contributed by atoms with Crippen LogP contribution >= 0.6 is 0 Å². The predicted octanol–water partition coefficient (Wildman–Crippen LogP) is 2.33. The molecule has 0 saturated carbocycles. The van der Waals surface area contributed by atoms with E-state index in [4.69, 9.17) is 0 Å².